The second-order valence-corrected chi connectivity index (χ2v) is 13.8. The van der Waals surface area contributed by atoms with Gasteiger partial charge in [-0.3, -0.25) is 0 Å². The fourth-order valence-electron chi connectivity index (χ4n) is 9.05. The minimum Gasteiger partial charge on any atom is -0.318 e. The summed E-state index contributed by atoms with van der Waals surface area (Å²) in [4.78, 5) is 4.43. The van der Waals surface area contributed by atoms with Crippen LogP contribution in [0.5, 0.6) is 0 Å². The number of hydrogen-bond acceptors (Lipinski definition) is 1. The molecule has 0 aliphatic rings. The molecule has 248 valence electrons. The van der Waals surface area contributed by atoms with Gasteiger partial charge in [-0.1, -0.05) is 146 Å². The molecule has 0 atom stereocenters. The van der Waals surface area contributed by atoms with Crippen LogP contribution in [0.2, 0.25) is 0 Å². The summed E-state index contributed by atoms with van der Waals surface area (Å²) in [5.41, 5.74) is 9.62. The van der Waals surface area contributed by atoms with Gasteiger partial charge >= 0.3 is 0 Å². The molecule has 2 aromatic heterocycles. The standard InChI is InChI=1S/C50H28N4/c1-52-48-44(31-16-4-2-5-17-31)39(30-51)49(53-40-26-12-10-22-35(40)36-23-11-13-27-41(36)53)45(32-18-6-3-7-19-32)50(48)54-42-28-14-24-37-33-20-8-9-21-34(33)38-25-15-29-43(54)47(38)46(37)42/h2-29H. The maximum absolute atomic E-state index is 11.5. The molecule has 11 rings (SSSR count). The van der Waals surface area contributed by atoms with Gasteiger partial charge in [-0.05, 0) is 56.9 Å². The van der Waals surface area contributed by atoms with Gasteiger partial charge in [0.2, 0.25) is 5.69 Å². The third kappa shape index (κ3) is 3.94. The maximum atomic E-state index is 11.5. The van der Waals surface area contributed by atoms with Gasteiger partial charge in [-0.15, -0.1) is 0 Å². The highest BCUT2D eigenvalue weighted by molar-refractivity contribution is 6.34. The number of hydrogen-bond donors (Lipinski definition) is 0. The van der Waals surface area contributed by atoms with Gasteiger partial charge in [-0.2, -0.15) is 5.26 Å². The van der Waals surface area contributed by atoms with E-state index < -0.39 is 0 Å². The summed E-state index contributed by atoms with van der Waals surface area (Å²) in [6.45, 7) is 9.03. The van der Waals surface area contributed by atoms with E-state index in [9.17, 15) is 5.26 Å². The van der Waals surface area contributed by atoms with Gasteiger partial charge in [0, 0.05) is 32.7 Å². The predicted molar refractivity (Wildman–Crippen MR) is 223 cm³/mol. The Kier molecular flexibility index (Phi) is 6.35. The zero-order valence-electron chi connectivity index (χ0n) is 29.0. The number of nitriles is 1. The number of rotatable bonds is 4. The lowest BCUT2D eigenvalue weighted by Crippen LogP contribution is -2.08. The van der Waals surface area contributed by atoms with E-state index in [1.54, 1.807) is 0 Å². The Morgan fingerprint density at radius 2 is 0.815 bits per heavy atom. The molecule has 4 heteroatoms. The average molecular weight is 685 g/mol. The highest BCUT2D eigenvalue weighted by Gasteiger charge is 2.32. The normalized spacial score (nSPS) is 11.7. The molecule has 2 heterocycles. The van der Waals surface area contributed by atoms with E-state index in [4.69, 9.17) is 6.57 Å². The van der Waals surface area contributed by atoms with Crippen molar-refractivity contribution in [2.45, 2.75) is 0 Å². The quantitative estimate of drug-likeness (QED) is 0.134. The maximum Gasteiger partial charge on any atom is 0.220 e. The summed E-state index contributed by atoms with van der Waals surface area (Å²) >= 11 is 0. The smallest absolute Gasteiger partial charge is 0.220 e. The summed E-state index contributed by atoms with van der Waals surface area (Å²) in [5, 5.41) is 20.8. The van der Waals surface area contributed by atoms with Gasteiger partial charge in [0.25, 0.3) is 0 Å². The minimum absolute atomic E-state index is 0.437. The first kappa shape index (κ1) is 30.0. The van der Waals surface area contributed by atoms with Crippen LogP contribution in [-0.4, -0.2) is 9.13 Å². The molecule has 0 unspecified atom stereocenters. The highest BCUT2D eigenvalue weighted by Crippen LogP contribution is 2.53. The molecule has 0 spiro atoms. The number of benzene rings is 9. The molecule has 4 nitrogen and oxygen atoms in total. The lowest BCUT2D eigenvalue weighted by atomic mass is 9.88. The molecule has 0 bridgehead atoms. The van der Waals surface area contributed by atoms with Crippen LogP contribution in [0.15, 0.2) is 170 Å². The number of para-hydroxylation sites is 2. The van der Waals surface area contributed by atoms with Crippen molar-refractivity contribution in [3.63, 3.8) is 0 Å². The lowest BCUT2D eigenvalue weighted by Gasteiger charge is -2.25. The largest absolute Gasteiger partial charge is 0.318 e. The van der Waals surface area contributed by atoms with E-state index in [1.807, 2.05) is 48.5 Å². The van der Waals surface area contributed by atoms with Crippen molar-refractivity contribution in [3.05, 3.63) is 187 Å². The van der Waals surface area contributed by atoms with E-state index >= 15 is 0 Å². The Morgan fingerprint density at radius 3 is 1.31 bits per heavy atom. The van der Waals surface area contributed by atoms with Crippen molar-refractivity contribution in [2.75, 3.05) is 0 Å². The summed E-state index contributed by atoms with van der Waals surface area (Å²) in [6, 6.07) is 61.4. The molecule has 0 fully saturated rings. The molecule has 0 aliphatic carbocycles. The van der Waals surface area contributed by atoms with Crippen LogP contribution in [0.1, 0.15) is 5.56 Å². The molecule has 0 N–H and O–H groups in total. The van der Waals surface area contributed by atoms with E-state index in [0.717, 1.165) is 60.9 Å². The van der Waals surface area contributed by atoms with Gasteiger partial charge in [0.05, 0.1) is 45.6 Å². The lowest BCUT2D eigenvalue weighted by molar-refractivity contribution is 1.13. The molecular formula is C50H28N4. The van der Waals surface area contributed by atoms with Crippen LogP contribution in [-0.2, 0) is 0 Å². The Hall–Kier alpha value is -7.66. The predicted octanol–water partition coefficient (Wildman–Crippen LogP) is 13.4. The molecule has 0 amide bonds. The first-order valence-corrected chi connectivity index (χ1v) is 18.1. The van der Waals surface area contributed by atoms with Crippen molar-refractivity contribution >= 4 is 70.8 Å². The Morgan fingerprint density at radius 1 is 0.407 bits per heavy atom. The number of nitrogens with zero attached hydrogens (tertiary/aromatic N) is 4. The monoisotopic (exact) mass is 684 g/mol. The van der Waals surface area contributed by atoms with Crippen molar-refractivity contribution in [1.82, 2.24) is 9.13 Å². The molecule has 0 saturated heterocycles. The minimum atomic E-state index is 0.437. The molecule has 0 saturated carbocycles. The third-order valence-corrected chi connectivity index (χ3v) is 11.1. The van der Waals surface area contributed by atoms with Crippen LogP contribution in [0.25, 0.3) is 104 Å². The van der Waals surface area contributed by atoms with Crippen molar-refractivity contribution in [3.8, 4) is 39.7 Å². The van der Waals surface area contributed by atoms with Crippen LogP contribution >= 0.6 is 0 Å². The Labute approximate surface area is 310 Å². The fourth-order valence-corrected chi connectivity index (χ4v) is 9.05. The zero-order chi connectivity index (χ0) is 35.9. The molecule has 54 heavy (non-hydrogen) atoms. The van der Waals surface area contributed by atoms with Crippen molar-refractivity contribution < 1.29 is 0 Å². The van der Waals surface area contributed by atoms with Gasteiger partial charge in [-0.25, -0.2) is 4.85 Å². The van der Waals surface area contributed by atoms with Crippen LogP contribution in [0.4, 0.5) is 5.69 Å². The first-order chi connectivity index (χ1) is 26.8. The van der Waals surface area contributed by atoms with Crippen LogP contribution in [0, 0.1) is 17.9 Å². The number of fused-ring (bicyclic) bond motifs is 6. The second kappa shape index (κ2) is 11.4. The summed E-state index contributed by atoms with van der Waals surface area (Å²) in [5.74, 6) is 0. The van der Waals surface area contributed by atoms with E-state index in [-0.39, 0.29) is 0 Å². The third-order valence-electron chi connectivity index (χ3n) is 11.1. The van der Waals surface area contributed by atoms with Gasteiger partial charge in [0.1, 0.15) is 6.07 Å². The highest BCUT2D eigenvalue weighted by atomic mass is 15.0. The summed E-state index contributed by atoms with van der Waals surface area (Å²) in [7, 11) is 0. The Balaban J connectivity index is 1.46. The molecule has 11 aromatic rings. The molecule has 0 radical (unpaired) electrons. The Bertz CT molecular complexity index is 3250. The molecular weight excluding hydrogens is 657 g/mol. The molecule has 9 aromatic carbocycles. The van der Waals surface area contributed by atoms with Crippen LogP contribution in [0.3, 0.4) is 0 Å². The topological polar surface area (TPSA) is 38.0 Å². The first-order valence-electron chi connectivity index (χ1n) is 18.1. The summed E-state index contributed by atoms with van der Waals surface area (Å²) < 4.78 is 4.57. The van der Waals surface area contributed by atoms with Crippen LogP contribution < -0.4 is 0 Å². The SMILES string of the molecule is [C-]#[N+]c1c(-c2ccccc2)c(C#N)c(-n2c3ccccc3c3ccccc32)c(-c2ccccc2)c1-n1c2cccc3c4ccccc4c4cccc1c4c32. The van der Waals surface area contributed by atoms with Gasteiger partial charge < -0.3 is 9.13 Å². The summed E-state index contributed by atoms with van der Waals surface area (Å²) in [6.07, 6.45) is 0. The van der Waals surface area contributed by atoms with E-state index in [0.29, 0.717) is 16.8 Å². The fraction of sp³-hybridized carbons (Fsp3) is 0. The van der Waals surface area contributed by atoms with Crippen molar-refractivity contribution in [1.29, 1.82) is 5.26 Å². The number of aromatic nitrogens is 2. The molecule has 0 aliphatic heterocycles. The zero-order valence-corrected chi connectivity index (χ0v) is 29.0. The van der Waals surface area contributed by atoms with E-state index in [2.05, 4.69) is 141 Å². The average Bonchev–Trinajstić information content (AvgIpc) is 3.76. The second-order valence-electron chi connectivity index (χ2n) is 13.8. The van der Waals surface area contributed by atoms with Gasteiger partial charge in [0.15, 0.2) is 0 Å². The van der Waals surface area contributed by atoms with E-state index in [1.165, 1.54) is 32.3 Å². The van der Waals surface area contributed by atoms with Crippen molar-refractivity contribution in [2.24, 2.45) is 0 Å².